The second-order valence-corrected chi connectivity index (χ2v) is 10.1. The number of nitriles is 1. The van der Waals surface area contributed by atoms with Crippen LogP contribution < -0.4 is 0 Å². The summed E-state index contributed by atoms with van der Waals surface area (Å²) in [4.78, 5) is 0. The van der Waals surface area contributed by atoms with Gasteiger partial charge >= 0.3 is 0 Å². The predicted octanol–water partition coefficient (Wildman–Crippen LogP) is 2.61. The van der Waals surface area contributed by atoms with Crippen LogP contribution in [0.3, 0.4) is 0 Å². The fourth-order valence-corrected chi connectivity index (χ4v) is 2.94. The zero-order valence-electron chi connectivity index (χ0n) is 9.62. The van der Waals surface area contributed by atoms with E-state index in [9.17, 15) is 0 Å². The molecule has 1 rings (SSSR count). The third kappa shape index (κ3) is 2.70. The number of hydrogen-bond acceptors (Lipinski definition) is 2. The lowest BCUT2D eigenvalue weighted by Crippen LogP contribution is -2.49. The van der Waals surface area contributed by atoms with Crippen molar-refractivity contribution >= 4 is 8.24 Å². The molecule has 0 aromatic heterocycles. The van der Waals surface area contributed by atoms with Gasteiger partial charge in [0.25, 0.3) is 0 Å². The summed E-state index contributed by atoms with van der Waals surface area (Å²) >= 11 is 0. The maximum atomic E-state index is 8.77. The predicted molar refractivity (Wildman–Crippen MR) is 62.4 cm³/mol. The van der Waals surface area contributed by atoms with Crippen LogP contribution in [0, 0.1) is 17.2 Å². The Hall–Kier alpha value is -0.593. The van der Waals surface area contributed by atoms with Gasteiger partial charge in [-0.1, -0.05) is 31.8 Å². The van der Waals surface area contributed by atoms with Crippen LogP contribution in [0.5, 0.6) is 0 Å². The van der Waals surface area contributed by atoms with E-state index in [1.165, 1.54) is 0 Å². The summed E-state index contributed by atoms with van der Waals surface area (Å²) in [6.45, 7) is 7.08. The van der Waals surface area contributed by atoms with Crippen LogP contribution in [0.1, 0.15) is 12.8 Å². The molecule has 0 amide bonds. The van der Waals surface area contributed by atoms with Gasteiger partial charge in [-0.25, -0.2) is 0 Å². The van der Waals surface area contributed by atoms with Gasteiger partial charge in [0.15, 0.2) is 0 Å². The minimum Gasteiger partial charge on any atom is -0.321 e. The Balaban J connectivity index is 2.62. The molecule has 0 aromatic carbocycles. The average Bonchev–Trinajstić information content (AvgIpc) is 2.15. The number of rotatable bonds is 2. The monoisotopic (exact) mass is 208 g/mol. The molecule has 0 radical (unpaired) electrons. The highest BCUT2D eigenvalue weighted by Crippen LogP contribution is 2.23. The second-order valence-electron chi connectivity index (χ2n) is 5.05. The van der Waals surface area contributed by atoms with Crippen molar-refractivity contribution in [2.75, 3.05) is 7.05 Å². The largest absolute Gasteiger partial charge is 0.321 e. The SMILES string of the molecule is CN(C1C=CC(C#N)CC1)[Si](C)(C)C. The molecule has 0 aliphatic heterocycles. The van der Waals surface area contributed by atoms with Gasteiger partial charge in [-0.2, -0.15) is 5.26 Å². The lowest BCUT2D eigenvalue weighted by atomic mass is 9.94. The molecule has 78 valence electrons. The molecule has 14 heavy (non-hydrogen) atoms. The Bertz CT molecular complexity index is 259. The van der Waals surface area contributed by atoms with E-state index in [1.807, 2.05) is 0 Å². The molecule has 0 saturated heterocycles. The molecular formula is C11H20N2Si. The van der Waals surface area contributed by atoms with E-state index in [0.29, 0.717) is 6.04 Å². The van der Waals surface area contributed by atoms with Gasteiger partial charge in [-0.15, -0.1) is 0 Å². The van der Waals surface area contributed by atoms with E-state index in [4.69, 9.17) is 5.26 Å². The van der Waals surface area contributed by atoms with Gasteiger partial charge in [0.05, 0.1) is 12.0 Å². The second kappa shape index (κ2) is 4.29. The minimum absolute atomic E-state index is 0.154. The van der Waals surface area contributed by atoms with Crippen LogP contribution in [-0.2, 0) is 0 Å². The van der Waals surface area contributed by atoms with Gasteiger partial charge in [0.1, 0.15) is 8.24 Å². The molecule has 2 unspecified atom stereocenters. The highest BCUT2D eigenvalue weighted by Gasteiger charge is 2.27. The first kappa shape index (κ1) is 11.5. The molecule has 2 nitrogen and oxygen atoms in total. The Morgan fingerprint density at radius 1 is 1.29 bits per heavy atom. The highest BCUT2D eigenvalue weighted by molar-refractivity contribution is 6.73. The molecule has 0 spiro atoms. The molecule has 0 fully saturated rings. The first-order chi connectivity index (χ1) is 6.45. The topological polar surface area (TPSA) is 27.0 Å². The van der Waals surface area contributed by atoms with Crippen molar-refractivity contribution in [1.29, 1.82) is 5.26 Å². The van der Waals surface area contributed by atoms with E-state index in [1.54, 1.807) is 0 Å². The van der Waals surface area contributed by atoms with E-state index < -0.39 is 8.24 Å². The Morgan fingerprint density at radius 3 is 2.29 bits per heavy atom. The maximum Gasteiger partial charge on any atom is 0.119 e. The van der Waals surface area contributed by atoms with Crippen molar-refractivity contribution in [3.63, 3.8) is 0 Å². The minimum atomic E-state index is -1.18. The average molecular weight is 208 g/mol. The van der Waals surface area contributed by atoms with E-state index >= 15 is 0 Å². The van der Waals surface area contributed by atoms with Crippen molar-refractivity contribution in [3.8, 4) is 6.07 Å². The van der Waals surface area contributed by atoms with Gasteiger partial charge in [-0.05, 0) is 19.9 Å². The van der Waals surface area contributed by atoms with Gasteiger partial charge < -0.3 is 4.57 Å². The van der Waals surface area contributed by atoms with Crippen LogP contribution in [0.15, 0.2) is 12.2 Å². The van der Waals surface area contributed by atoms with E-state index in [0.717, 1.165) is 12.8 Å². The summed E-state index contributed by atoms with van der Waals surface area (Å²) < 4.78 is 2.51. The number of hydrogen-bond donors (Lipinski definition) is 0. The van der Waals surface area contributed by atoms with Crippen LogP contribution in [0.2, 0.25) is 19.6 Å². The summed E-state index contributed by atoms with van der Waals surface area (Å²) in [7, 11) is 1.04. The summed E-state index contributed by atoms with van der Waals surface area (Å²) in [5, 5.41) is 8.77. The lowest BCUT2D eigenvalue weighted by molar-refractivity contribution is 0.378. The van der Waals surface area contributed by atoms with Crippen molar-refractivity contribution < 1.29 is 0 Å². The smallest absolute Gasteiger partial charge is 0.119 e. The van der Waals surface area contributed by atoms with Crippen molar-refractivity contribution in [2.45, 2.75) is 38.5 Å². The van der Waals surface area contributed by atoms with Crippen molar-refractivity contribution in [2.24, 2.45) is 5.92 Å². The summed E-state index contributed by atoms with van der Waals surface area (Å²) in [5.41, 5.74) is 0. The van der Waals surface area contributed by atoms with Crippen LogP contribution in [0.4, 0.5) is 0 Å². The van der Waals surface area contributed by atoms with Gasteiger partial charge in [0, 0.05) is 6.04 Å². The zero-order chi connectivity index (χ0) is 10.8. The summed E-state index contributed by atoms with van der Waals surface area (Å²) in [6.07, 6.45) is 6.45. The lowest BCUT2D eigenvalue weighted by Gasteiger charge is -2.37. The van der Waals surface area contributed by atoms with Gasteiger partial charge in [0.2, 0.25) is 0 Å². The molecule has 1 aliphatic rings. The van der Waals surface area contributed by atoms with Crippen molar-refractivity contribution in [1.82, 2.24) is 4.57 Å². The fraction of sp³-hybridized carbons (Fsp3) is 0.727. The molecule has 0 saturated carbocycles. The van der Waals surface area contributed by atoms with Crippen LogP contribution >= 0.6 is 0 Å². The highest BCUT2D eigenvalue weighted by atomic mass is 28.3. The third-order valence-corrected chi connectivity index (χ3v) is 5.51. The fourth-order valence-electron chi connectivity index (χ4n) is 1.73. The maximum absolute atomic E-state index is 8.77. The standard InChI is InChI=1S/C11H20N2Si/c1-13(14(2,3)4)11-7-5-10(9-12)6-8-11/h5,7,10-11H,6,8H2,1-4H3. The first-order valence-corrected chi connectivity index (χ1v) is 8.71. The molecule has 0 bridgehead atoms. The van der Waals surface area contributed by atoms with E-state index in [2.05, 4.69) is 49.5 Å². The number of allylic oxidation sites excluding steroid dienone is 1. The van der Waals surface area contributed by atoms with Crippen molar-refractivity contribution in [3.05, 3.63) is 12.2 Å². The normalized spacial score (nSPS) is 27.7. The quantitative estimate of drug-likeness (QED) is 0.515. The first-order valence-electron chi connectivity index (χ1n) is 5.26. The van der Waals surface area contributed by atoms with E-state index in [-0.39, 0.29) is 5.92 Å². The molecular weight excluding hydrogens is 188 g/mol. The third-order valence-electron chi connectivity index (χ3n) is 3.06. The Labute approximate surface area is 88.3 Å². The molecule has 1 aliphatic carbocycles. The van der Waals surface area contributed by atoms with Crippen LogP contribution in [0.25, 0.3) is 0 Å². The summed E-state index contributed by atoms with van der Waals surface area (Å²) in [6, 6.07) is 2.87. The summed E-state index contributed by atoms with van der Waals surface area (Å²) in [5.74, 6) is 0.154. The molecule has 3 heteroatoms. The Kier molecular flexibility index (Phi) is 3.52. The van der Waals surface area contributed by atoms with Crippen LogP contribution in [-0.4, -0.2) is 25.9 Å². The molecule has 0 aromatic rings. The Morgan fingerprint density at radius 2 is 1.93 bits per heavy atom. The molecule has 0 N–H and O–H groups in total. The molecule has 0 heterocycles. The number of nitrogens with zero attached hydrogens (tertiary/aromatic N) is 2. The van der Waals surface area contributed by atoms with Gasteiger partial charge in [-0.3, -0.25) is 0 Å². The number of likely N-dealkylation sites (N-methyl/N-ethyl adjacent to an activating group) is 1. The zero-order valence-corrected chi connectivity index (χ0v) is 10.6. The molecule has 2 atom stereocenters.